The number of methoxy groups -OCH3 is 1. The Hall–Kier alpha value is -1.19. The fourth-order valence-electron chi connectivity index (χ4n) is 1.10. The van der Waals surface area contributed by atoms with Crippen molar-refractivity contribution < 1.29 is 14.3 Å². The highest BCUT2D eigenvalue weighted by atomic mass is 16.5. The van der Waals surface area contributed by atoms with Gasteiger partial charge in [-0.2, -0.15) is 0 Å². The third-order valence-corrected chi connectivity index (χ3v) is 1.87. The first kappa shape index (κ1) is 10.9. The van der Waals surface area contributed by atoms with Gasteiger partial charge in [-0.25, -0.2) is 0 Å². The van der Waals surface area contributed by atoms with Crippen molar-refractivity contribution in [1.29, 1.82) is 0 Å². The highest BCUT2D eigenvalue weighted by Gasteiger charge is 1.99. The molecule has 0 radical (unpaired) electrons. The van der Waals surface area contributed by atoms with Crippen LogP contribution in [0.15, 0.2) is 24.3 Å². The van der Waals surface area contributed by atoms with E-state index in [2.05, 4.69) is 0 Å². The molecule has 1 aromatic rings. The molecule has 0 aliphatic heterocycles. The summed E-state index contributed by atoms with van der Waals surface area (Å²) in [4.78, 5) is 10.6. The van der Waals surface area contributed by atoms with Gasteiger partial charge < -0.3 is 9.47 Å². The smallest absolute Gasteiger partial charge is 0.150 e. The van der Waals surface area contributed by atoms with E-state index < -0.39 is 0 Å². The molecule has 0 aliphatic rings. The van der Waals surface area contributed by atoms with Gasteiger partial charge in [-0.1, -0.05) is 24.3 Å². The summed E-state index contributed by atoms with van der Waals surface area (Å²) in [5.74, 6) is 0. The van der Waals surface area contributed by atoms with Crippen LogP contribution >= 0.6 is 0 Å². The molecule has 1 rings (SSSR count). The Labute approximate surface area is 83.6 Å². The van der Waals surface area contributed by atoms with Gasteiger partial charge in [0.2, 0.25) is 0 Å². The van der Waals surface area contributed by atoms with Crippen LogP contribution in [0, 0.1) is 0 Å². The number of carbonyl (C=O) groups is 1. The lowest BCUT2D eigenvalue weighted by atomic mass is 10.1. The molecule has 0 fully saturated rings. The van der Waals surface area contributed by atoms with Crippen molar-refractivity contribution in [2.24, 2.45) is 0 Å². The minimum atomic E-state index is 0.457. The summed E-state index contributed by atoms with van der Waals surface area (Å²) in [5.41, 5.74) is 1.60. The number of ether oxygens (including phenoxy) is 2. The van der Waals surface area contributed by atoms with Crippen LogP contribution in [-0.4, -0.2) is 26.6 Å². The number of hydrogen-bond donors (Lipinski definition) is 0. The highest BCUT2D eigenvalue weighted by molar-refractivity contribution is 5.76. The lowest BCUT2D eigenvalue weighted by molar-refractivity contribution is 0.0613. The summed E-state index contributed by atoms with van der Waals surface area (Å²) in [6.07, 6.45) is 0.842. The molecule has 0 heterocycles. The fourth-order valence-corrected chi connectivity index (χ4v) is 1.10. The van der Waals surface area contributed by atoms with Crippen molar-refractivity contribution >= 4 is 6.29 Å². The van der Waals surface area contributed by atoms with Crippen LogP contribution in [0.3, 0.4) is 0 Å². The number of hydrogen-bond acceptors (Lipinski definition) is 3. The molecular formula is C11H14O3. The normalized spacial score (nSPS) is 10.1. The third kappa shape index (κ3) is 3.28. The summed E-state index contributed by atoms with van der Waals surface area (Å²) >= 11 is 0. The van der Waals surface area contributed by atoms with Gasteiger partial charge in [-0.3, -0.25) is 4.79 Å². The standard InChI is InChI=1S/C11H14O3/c1-13-6-7-14-9-11-5-3-2-4-10(11)8-12/h2-5,8H,6-7,9H2,1H3. The molecule has 0 amide bonds. The Morgan fingerprint density at radius 3 is 2.79 bits per heavy atom. The van der Waals surface area contributed by atoms with Crippen LogP contribution in [0.4, 0.5) is 0 Å². The van der Waals surface area contributed by atoms with Gasteiger partial charge in [-0.15, -0.1) is 0 Å². The van der Waals surface area contributed by atoms with Gasteiger partial charge in [0.05, 0.1) is 19.8 Å². The van der Waals surface area contributed by atoms with Crippen LogP contribution in [0.5, 0.6) is 0 Å². The van der Waals surface area contributed by atoms with Crippen molar-refractivity contribution in [3.05, 3.63) is 35.4 Å². The predicted octanol–water partition coefficient (Wildman–Crippen LogP) is 1.66. The van der Waals surface area contributed by atoms with Crippen molar-refractivity contribution in [3.8, 4) is 0 Å². The molecule has 1 aromatic carbocycles. The lowest BCUT2D eigenvalue weighted by Crippen LogP contribution is -2.03. The number of rotatable bonds is 6. The second-order valence-corrected chi connectivity index (χ2v) is 2.86. The molecule has 0 saturated heterocycles. The van der Waals surface area contributed by atoms with Gasteiger partial charge in [-0.05, 0) is 5.56 Å². The SMILES string of the molecule is COCCOCc1ccccc1C=O. The topological polar surface area (TPSA) is 35.5 Å². The molecule has 76 valence electrons. The molecule has 0 bridgehead atoms. The van der Waals surface area contributed by atoms with E-state index in [4.69, 9.17) is 9.47 Å². The molecule has 0 spiro atoms. The largest absolute Gasteiger partial charge is 0.382 e. The van der Waals surface area contributed by atoms with E-state index >= 15 is 0 Å². The first-order chi connectivity index (χ1) is 6.88. The first-order valence-corrected chi connectivity index (χ1v) is 4.48. The number of benzene rings is 1. The minimum Gasteiger partial charge on any atom is -0.382 e. The average molecular weight is 194 g/mol. The lowest BCUT2D eigenvalue weighted by Gasteiger charge is -2.05. The predicted molar refractivity (Wildman–Crippen MR) is 53.4 cm³/mol. The molecule has 0 saturated carbocycles. The van der Waals surface area contributed by atoms with Crippen molar-refractivity contribution in [1.82, 2.24) is 0 Å². The highest BCUT2D eigenvalue weighted by Crippen LogP contribution is 2.07. The van der Waals surface area contributed by atoms with Crippen LogP contribution in [0.2, 0.25) is 0 Å². The molecule has 3 heteroatoms. The maximum atomic E-state index is 10.6. The molecule has 0 aliphatic carbocycles. The van der Waals surface area contributed by atoms with E-state index in [0.717, 1.165) is 11.8 Å². The Kier molecular flexibility index (Phi) is 4.89. The maximum Gasteiger partial charge on any atom is 0.150 e. The van der Waals surface area contributed by atoms with E-state index in [0.29, 0.717) is 25.4 Å². The van der Waals surface area contributed by atoms with Crippen LogP contribution < -0.4 is 0 Å². The minimum absolute atomic E-state index is 0.457. The van der Waals surface area contributed by atoms with Gasteiger partial charge in [0, 0.05) is 12.7 Å². The van der Waals surface area contributed by atoms with E-state index in [9.17, 15) is 4.79 Å². The van der Waals surface area contributed by atoms with Gasteiger partial charge >= 0.3 is 0 Å². The van der Waals surface area contributed by atoms with E-state index in [1.807, 2.05) is 18.2 Å². The van der Waals surface area contributed by atoms with Gasteiger partial charge in [0.15, 0.2) is 0 Å². The monoisotopic (exact) mass is 194 g/mol. The summed E-state index contributed by atoms with van der Waals surface area (Å²) in [6.45, 7) is 1.57. The van der Waals surface area contributed by atoms with Crippen molar-refractivity contribution in [3.63, 3.8) is 0 Å². The molecule has 0 aromatic heterocycles. The summed E-state index contributed by atoms with van der Waals surface area (Å²) in [6, 6.07) is 7.39. The molecule has 0 atom stereocenters. The zero-order chi connectivity index (χ0) is 10.2. The summed E-state index contributed by atoms with van der Waals surface area (Å²) < 4.78 is 10.2. The zero-order valence-corrected chi connectivity index (χ0v) is 8.23. The van der Waals surface area contributed by atoms with E-state index in [-0.39, 0.29) is 0 Å². The van der Waals surface area contributed by atoms with Crippen LogP contribution in [0.25, 0.3) is 0 Å². The Morgan fingerprint density at radius 1 is 1.29 bits per heavy atom. The average Bonchev–Trinajstić information content (AvgIpc) is 2.25. The summed E-state index contributed by atoms with van der Waals surface area (Å²) in [7, 11) is 1.63. The molecule has 0 N–H and O–H groups in total. The second-order valence-electron chi connectivity index (χ2n) is 2.86. The van der Waals surface area contributed by atoms with E-state index in [1.54, 1.807) is 13.2 Å². The Balaban J connectivity index is 2.45. The van der Waals surface area contributed by atoms with Gasteiger partial charge in [0.25, 0.3) is 0 Å². The maximum absolute atomic E-state index is 10.6. The zero-order valence-electron chi connectivity index (χ0n) is 8.23. The first-order valence-electron chi connectivity index (χ1n) is 4.48. The molecule has 3 nitrogen and oxygen atoms in total. The second kappa shape index (κ2) is 6.29. The third-order valence-electron chi connectivity index (χ3n) is 1.87. The van der Waals surface area contributed by atoms with Crippen LogP contribution in [-0.2, 0) is 16.1 Å². The van der Waals surface area contributed by atoms with Crippen LogP contribution in [0.1, 0.15) is 15.9 Å². The fraction of sp³-hybridized carbons (Fsp3) is 0.364. The Bertz CT molecular complexity index is 284. The van der Waals surface area contributed by atoms with E-state index in [1.165, 1.54) is 0 Å². The van der Waals surface area contributed by atoms with Gasteiger partial charge in [0.1, 0.15) is 6.29 Å². The van der Waals surface area contributed by atoms with Crippen molar-refractivity contribution in [2.45, 2.75) is 6.61 Å². The number of aldehydes is 1. The molecular weight excluding hydrogens is 180 g/mol. The Morgan fingerprint density at radius 2 is 2.07 bits per heavy atom. The number of carbonyl (C=O) groups excluding carboxylic acids is 1. The van der Waals surface area contributed by atoms with Crippen molar-refractivity contribution in [2.75, 3.05) is 20.3 Å². The summed E-state index contributed by atoms with van der Waals surface area (Å²) in [5, 5.41) is 0. The quantitative estimate of drug-likeness (QED) is 0.510. The molecule has 0 unspecified atom stereocenters. The molecule has 14 heavy (non-hydrogen) atoms.